The van der Waals surface area contributed by atoms with E-state index in [2.05, 4.69) is 5.32 Å². The number of carboxylic acid groups (broad SMARTS) is 2. The number of rotatable bonds is 3. The Bertz CT molecular complexity index is 543. The third kappa shape index (κ3) is 6.15. The molecule has 22 heavy (non-hydrogen) atoms. The number of benzene rings is 1. The number of carbonyl (C=O) groups excluding carboxylic acids is 2. The lowest BCUT2D eigenvalue weighted by atomic mass is 10.0. The van der Waals surface area contributed by atoms with Crippen molar-refractivity contribution in [1.82, 2.24) is 5.32 Å². The van der Waals surface area contributed by atoms with Gasteiger partial charge in [-0.1, -0.05) is 17.7 Å². The summed E-state index contributed by atoms with van der Waals surface area (Å²) >= 11 is 5.92. The quantitative estimate of drug-likeness (QED) is 0.773. The Labute approximate surface area is 133 Å². The fourth-order valence-corrected chi connectivity index (χ4v) is 2.14. The van der Waals surface area contributed by atoms with E-state index in [-0.39, 0.29) is 0 Å². The highest BCUT2D eigenvalue weighted by atomic mass is 35.5. The highest BCUT2D eigenvalue weighted by Gasteiger charge is 2.17. The number of halogens is 1. The molecule has 1 N–H and O–H groups in total. The number of carboxylic acids is 2. The number of nitrogens with one attached hydrogen (secondary N) is 1. The van der Waals surface area contributed by atoms with Crippen LogP contribution in [0.2, 0.25) is 5.02 Å². The van der Waals surface area contributed by atoms with Gasteiger partial charge < -0.3 is 29.9 Å². The maximum atomic E-state index is 9.41. The molecule has 0 radical (unpaired) electrons. The zero-order valence-electron chi connectivity index (χ0n) is 12.0. The molecule has 7 heteroatoms. The van der Waals surface area contributed by atoms with Gasteiger partial charge in [0, 0.05) is 16.6 Å². The third-order valence-corrected chi connectivity index (χ3v) is 3.18. The van der Waals surface area contributed by atoms with Gasteiger partial charge in [0.25, 0.3) is 0 Å². The molecule has 0 fully saturated rings. The Kier molecular flexibility index (Phi) is 7.42. The molecule has 2 rings (SSSR count). The van der Waals surface area contributed by atoms with Crippen LogP contribution in [0.15, 0.2) is 30.4 Å². The summed E-state index contributed by atoms with van der Waals surface area (Å²) < 4.78 is 5.64. The lowest BCUT2D eigenvalue weighted by molar-refractivity contribution is -0.301. The fourth-order valence-electron chi connectivity index (χ4n) is 1.98. The Morgan fingerprint density at radius 1 is 1.32 bits per heavy atom. The van der Waals surface area contributed by atoms with E-state index in [9.17, 15) is 19.8 Å². The minimum Gasteiger partial charge on any atom is -0.545 e. The molecule has 120 valence electrons. The van der Waals surface area contributed by atoms with Crippen LogP contribution < -0.4 is 20.3 Å². The van der Waals surface area contributed by atoms with Crippen molar-refractivity contribution in [3.63, 3.8) is 0 Å². The summed E-state index contributed by atoms with van der Waals surface area (Å²) in [5.74, 6) is -2.17. The molecule has 0 aromatic heterocycles. The predicted octanol–water partition coefficient (Wildman–Crippen LogP) is -0.185. The summed E-state index contributed by atoms with van der Waals surface area (Å²) in [6, 6.07) is 6.25. The first-order chi connectivity index (χ1) is 10.4. The molecule has 1 aliphatic heterocycles. The molecule has 1 aromatic carbocycles. The van der Waals surface area contributed by atoms with Gasteiger partial charge in [-0.05, 0) is 44.2 Å². The van der Waals surface area contributed by atoms with Crippen LogP contribution in [0.25, 0.3) is 0 Å². The average Bonchev–Trinajstić information content (AvgIpc) is 2.67. The Morgan fingerprint density at radius 2 is 1.95 bits per heavy atom. The van der Waals surface area contributed by atoms with Gasteiger partial charge in [-0.3, -0.25) is 0 Å². The van der Waals surface area contributed by atoms with Crippen molar-refractivity contribution >= 4 is 23.5 Å². The number of ether oxygens (including phenoxy) is 1. The summed E-state index contributed by atoms with van der Waals surface area (Å²) in [4.78, 5) is 18.8. The third-order valence-electron chi connectivity index (χ3n) is 2.95. The van der Waals surface area contributed by atoms with E-state index in [0.29, 0.717) is 18.2 Å². The number of carbonyl (C=O) groups is 2. The first-order valence-electron chi connectivity index (χ1n) is 6.63. The minimum atomic E-state index is -1.55. The average molecular weight is 326 g/mol. The zero-order chi connectivity index (χ0) is 16.5. The van der Waals surface area contributed by atoms with E-state index >= 15 is 0 Å². The fraction of sp³-hybridized carbons (Fsp3) is 0.333. The van der Waals surface area contributed by atoms with Gasteiger partial charge >= 0.3 is 0 Å². The number of fused-ring (bicyclic) bond motifs is 1. The van der Waals surface area contributed by atoms with Crippen LogP contribution in [0.4, 0.5) is 0 Å². The Morgan fingerprint density at radius 3 is 2.50 bits per heavy atom. The zero-order valence-corrected chi connectivity index (χ0v) is 12.8. The molecule has 0 saturated heterocycles. The smallest absolute Gasteiger partial charge is 0.125 e. The van der Waals surface area contributed by atoms with Gasteiger partial charge in [-0.2, -0.15) is 0 Å². The van der Waals surface area contributed by atoms with Crippen molar-refractivity contribution in [1.29, 1.82) is 0 Å². The summed E-state index contributed by atoms with van der Waals surface area (Å²) in [5.41, 5.74) is 1.22. The molecule has 1 aromatic rings. The number of hydrogen-bond acceptors (Lipinski definition) is 6. The van der Waals surface area contributed by atoms with Crippen LogP contribution in [-0.2, 0) is 9.59 Å². The highest BCUT2D eigenvalue weighted by Crippen LogP contribution is 2.33. The van der Waals surface area contributed by atoms with Crippen LogP contribution in [-0.4, -0.2) is 25.6 Å². The molecule has 1 aliphatic rings. The summed E-state index contributed by atoms with van der Waals surface area (Å²) in [5, 5.41) is 22.9. The first kappa shape index (κ1) is 18.0. The van der Waals surface area contributed by atoms with Gasteiger partial charge in [-0.25, -0.2) is 0 Å². The van der Waals surface area contributed by atoms with Crippen molar-refractivity contribution in [3.8, 4) is 5.75 Å². The number of aliphatic carboxylic acids is 2. The van der Waals surface area contributed by atoms with Gasteiger partial charge in [0.05, 0.1) is 18.5 Å². The largest absolute Gasteiger partial charge is 0.545 e. The maximum absolute atomic E-state index is 9.41. The predicted molar refractivity (Wildman–Crippen MR) is 77.1 cm³/mol. The first-order valence-corrected chi connectivity index (χ1v) is 7.01. The van der Waals surface area contributed by atoms with Crippen molar-refractivity contribution in [2.75, 3.05) is 13.7 Å². The second kappa shape index (κ2) is 9.07. The molecule has 1 unspecified atom stereocenters. The van der Waals surface area contributed by atoms with Gasteiger partial charge in [0.2, 0.25) is 0 Å². The topological polar surface area (TPSA) is 102 Å². The van der Waals surface area contributed by atoms with Crippen molar-refractivity contribution in [2.45, 2.75) is 18.9 Å². The maximum Gasteiger partial charge on any atom is 0.125 e. The van der Waals surface area contributed by atoms with Crippen LogP contribution in [0, 0.1) is 0 Å². The van der Waals surface area contributed by atoms with E-state index in [1.807, 2.05) is 25.2 Å². The lowest BCUT2D eigenvalue weighted by Crippen LogP contribution is -2.23. The monoisotopic (exact) mass is 325 g/mol. The lowest BCUT2D eigenvalue weighted by Gasteiger charge is -2.15. The molecule has 1 heterocycles. The SMILES string of the molecule is CNC1CCCOc2cc(Cl)ccc21.O=C([O-])/C=C\C(=O)[O-]. The summed E-state index contributed by atoms with van der Waals surface area (Å²) in [6.07, 6.45) is 2.97. The van der Waals surface area contributed by atoms with E-state index < -0.39 is 11.9 Å². The normalized spacial score (nSPS) is 16.7. The van der Waals surface area contributed by atoms with E-state index in [1.165, 1.54) is 5.56 Å². The van der Waals surface area contributed by atoms with Crippen LogP contribution >= 0.6 is 11.6 Å². The van der Waals surface area contributed by atoms with E-state index in [0.717, 1.165) is 30.2 Å². The molecule has 0 saturated carbocycles. The second-order valence-corrected chi connectivity index (χ2v) is 4.92. The van der Waals surface area contributed by atoms with Crippen LogP contribution in [0.5, 0.6) is 5.75 Å². The summed E-state index contributed by atoms with van der Waals surface area (Å²) in [6.45, 7) is 0.783. The Hall–Kier alpha value is -2.05. The highest BCUT2D eigenvalue weighted by molar-refractivity contribution is 6.30. The molecular formula is C15H16ClNO5-2. The van der Waals surface area contributed by atoms with Crippen molar-refractivity contribution in [2.24, 2.45) is 0 Å². The molecule has 1 atom stereocenters. The standard InChI is InChI=1S/C11H14ClNO.C4H4O4/c1-13-10-3-2-6-14-11-7-8(12)4-5-9(10)11;5-3(6)1-2-4(7)8/h4-5,7,10,13H,2-3,6H2,1H3;1-2H,(H,5,6)(H,7,8)/p-2/b;2-1-. The Balaban J connectivity index is 0.000000261. The van der Waals surface area contributed by atoms with Crippen LogP contribution in [0.3, 0.4) is 0 Å². The van der Waals surface area contributed by atoms with Gasteiger partial charge in [0.1, 0.15) is 5.75 Å². The molecule has 0 bridgehead atoms. The van der Waals surface area contributed by atoms with Crippen LogP contribution in [0.1, 0.15) is 24.4 Å². The van der Waals surface area contributed by atoms with Crippen molar-refractivity contribution < 1.29 is 24.5 Å². The molecular weight excluding hydrogens is 310 g/mol. The van der Waals surface area contributed by atoms with E-state index in [4.69, 9.17) is 16.3 Å². The molecule has 0 amide bonds. The minimum absolute atomic E-state index is 0.384. The van der Waals surface area contributed by atoms with E-state index in [1.54, 1.807) is 0 Å². The summed E-state index contributed by atoms with van der Waals surface area (Å²) in [7, 11) is 1.98. The van der Waals surface area contributed by atoms with Crippen molar-refractivity contribution in [3.05, 3.63) is 40.9 Å². The molecule has 0 spiro atoms. The second-order valence-electron chi connectivity index (χ2n) is 4.49. The van der Waals surface area contributed by atoms with Gasteiger partial charge in [-0.15, -0.1) is 0 Å². The molecule has 0 aliphatic carbocycles. The molecule has 6 nitrogen and oxygen atoms in total. The number of hydrogen-bond donors (Lipinski definition) is 1. The van der Waals surface area contributed by atoms with Gasteiger partial charge in [0.15, 0.2) is 0 Å².